The molecule has 1 unspecified atom stereocenters. The summed E-state index contributed by atoms with van der Waals surface area (Å²) >= 11 is 0. The summed E-state index contributed by atoms with van der Waals surface area (Å²) in [5, 5.41) is 14.1. The van der Waals surface area contributed by atoms with Gasteiger partial charge in [0.2, 0.25) is 5.60 Å². The number of rotatable bonds is 9. The van der Waals surface area contributed by atoms with Crippen molar-refractivity contribution in [3.05, 3.63) is 101 Å². The molecule has 0 radical (unpaired) electrons. The first kappa shape index (κ1) is 26.8. The zero-order valence-corrected chi connectivity index (χ0v) is 21.1. The van der Waals surface area contributed by atoms with E-state index in [0.717, 1.165) is 11.1 Å². The Balaban J connectivity index is 1.61. The van der Waals surface area contributed by atoms with Crippen LogP contribution in [0.25, 0.3) is 0 Å². The predicted molar refractivity (Wildman–Crippen MR) is 136 cm³/mol. The summed E-state index contributed by atoms with van der Waals surface area (Å²) in [6.07, 6.45) is -0.458. The fraction of sp³-hybridized carbons (Fsp3) is 0.310. The molecule has 0 heterocycles. The van der Waals surface area contributed by atoms with Gasteiger partial charge < -0.3 is 24.6 Å². The summed E-state index contributed by atoms with van der Waals surface area (Å²) in [4.78, 5) is 24.5. The molecule has 36 heavy (non-hydrogen) atoms. The maximum atomic E-state index is 12.7. The first-order chi connectivity index (χ1) is 17.1. The van der Waals surface area contributed by atoms with E-state index in [0.29, 0.717) is 30.0 Å². The fourth-order valence-corrected chi connectivity index (χ4v) is 3.52. The third-order valence-electron chi connectivity index (χ3n) is 5.30. The molecule has 3 aromatic rings. The van der Waals surface area contributed by atoms with Crippen LogP contribution in [0, 0.1) is 0 Å². The lowest BCUT2D eigenvalue weighted by Crippen LogP contribution is -2.38. The highest BCUT2D eigenvalue weighted by Crippen LogP contribution is 2.32. The second-order valence-electron chi connectivity index (χ2n) is 9.28. The van der Waals surface area contributed by atoms with E-state index in [4.69, 9.17) is 14.2 Å². The molecular weight excluding hydrogens is 458 g/mol. The second kappa shape index (κ2) is 11.7. The number of amides is 1. The summed E-state index contributed by atoms with van der Waals surface area (Å²) in [6, 6.07) is 23.1. The average molecular weight is 492 g/mol. The van der Waals surface area contributed by atoms with Gasteiger partial charge in [0, 0.05) is 6.54 Å². The van der Waals surface area contributed by atoms with Gasteiger partial charge in [-0.05, 0) is 62.1 Å². The fourth-order valence-electron chi connectivity index (χ4n) is 3.52. The van der Waals surface area contributed by atoms with Crippen molar-refractivity contribution >= 4 is 12.1 Å². The number of carbonyl (C=O) groups excluding carboxylic acids is 2. The smallest absolute Gasteiger partial charge is 0.407 e. The number of benzene rings is 3. The van der Waals surface area contributed by atoms with Crippen LogP contribution in [0.15, 0.2) is 78.9 Å². The summed E-state index contributed by atoms with van der Waals surface area (Å²) in [5.41, 5.74) is 0.252. The Morgan fingerprint density at radius 1 is 0.833 bits per heavy atom. The first-order valence-corrected chi connectivity index (χ1v) is 11.8. The van der Waals surface area contributed by atoms with Crippen LogP contribution >= 0.6 is 0 Å². The van der Waals surface area contributed by atoms with E-state index < -0.39 is 23.3 Å². The molecule has 3 rings (SSSR count). The van der Waals surface area contributed by atoms with E-state index in [1.165, 1.54) is 0 Å². The molecule has 190 valence electrons. The van der Waals surface area contributed by atoms with Gasteiger partial charge in [-0.2, -0.15) is 0 Å². The van der Waals surface area contributed by atoms with E-state index in [1.54, 1.807) is 55.5 Å². The van der Waals surface area contributed by atoms with Crippen LogP contribution in [0.5, 0.6) is 5.75 Å². The largest absolute Gasteiger partial charge is 0.489 e. The zero-order chi connectivity index (χ0) is 26.2. The Bertz CT molecular complexity index is 1140. The monoisotopic (exact) mass is 491 g/mol. The lowest BCUT2D eigenvalue weighted by molar-refractivity contribution is -0.161. The molecule has 0 saturated carbocycles. The van der Waals surface area contributed by atoms with Crippen molar-refractivity contribution in [2.75, 3.05) is 6.61 Å². The Hall–Kier alpha value is -3.84. The van der Waals surface area contributed by atoms with Crippen molar-refractivity contribution in [1.82, 2.24) is 5.32 Å². The van der Waals surface area contributed by atoms with Crippen LogP contribution in [-0.4, -0.2) is 29.4 Å². The number of aliphatic hydroxyl groups is 1. The van der Waals surface area contributed by atoms with E-state index in [1.807, 2.05) is 51.1 Å². The van der Waals surface area contributed by atoms with Gasteiger partial charge >= 0.3 is 12.1 Å². The predicted octanol–water partition coefficient (Wildman–Crippen LogP) is 5.09. The Kier molecular flexibility index (Phi) is 8.72. The third-order valence-corrected chi connectivity index (χ3v) is 5.30. The van der Waals surface area contributed by atoms with Crippen LogP contribution in [0.3, 0.4) is 0 Å². The number of hydrogen-bond donors (Lipinski definition) is 2. The van der Waals surface area contributed by atoms with Crippen LogP contribution in [-0.2, 0) is 33.0 Å². The summed E-state index contributed by atoms with van der Waals surface area (Å²) in [6.45, 7) is 8.01. The molecule has 7 nitrogen and oxygen atoms in total. The van der Waals surface area contributed by atoms with Gasteiger partial charge in [0.05, 0.1) is 6.61 Å². The third kappa shape index (κ3) is 7.09. The summed E-state index contributed by atoms with van der Waals surface area (Å²) in [7, 11) is 0. The van der Waals surface area contributed by atoms with E-state index in [2.05, 4.69) is 5.32 Å². The van der Waals surface area contributed by atoms with Crippen LogP contribution < -0.4 is 10.1 Å². The SMILES string of the molecule is CCOC(=O)C(O)(c1ccccc1)c1ccc(OCc2ccc(CNC(=O)OC(C)(C)C)cc2)cc1. The number of carbonyl (C=O) groups is 2. The Labute approximate surface area is 212 Å². The van der Waals surface area contributed by atoms with Gasteiger partial charge in [-0.3, -0.25) is 0 Å². The topological polar surface area (TPSA) is 94.1 Å². The van der Waals surface area contributed by atoms with E-state index >= 15 is 0 Å². The van der Waals surface area contributed by atoms with Crippen molar-refractivity contribution in [2.45, 2.75) is 52.0 Å². The number of ether oxygens (including phenoxy) is 3. The van der Waals surface area contributed by atoms with Gasteiger partial charge in [-0.15, -0.1) is 0 Å². The summed E-state index contributed by atoms with van der Waals surface area (Å²) < 4.78 is 16.3. The molecule has 0 saturated heterocycles. The normalized spacial score (nSPS) is 12.8. The highest BCUT2D eigenvalue weighted by Gasteiger charge is 2.41. The minimum absolute atomic E-state index is 0.158. The molecule has 0 aliphatic heterocycles. The number of alkyl carbamates (subject to hydrolysis) is 1. The minimum Gasteiger partial charge on any atom is -0.489 e. The molecule has 0 aromatic heterocycles. The molecule has 0 aliphatic carbocycles. The van der Waals surface area contributed by atoms with Crippen molar-refractivity contribution in [2.24, 2.45) is 0 Å². The highest BCUT2D eigenvalue weighted by atomic mass is 16.6. The standard InChI is InChI=1S/C29H33NO6/c1-5-34-26(31)29(33,23-9-7-6-8-10-23)24-15-17-25(18-16-24)35-20-22-13-11-21(12-14-22)19-30-27(32)36-28(2,3)4/h6-18,33H,5,19-20H2,1-4H3,(H,30,32). The number of esters is 1. The maximum Gasteiger partial charge on any atom is 0.407 e. The molecule has 1 amide bonds. The number of nitrogens with one attached hydrogen (secondary N) is 1. The lowest BCUT2D eigenvalue weighted by atomic mass is 9.86. The van der Waals surface area contributed by atoms with Crippen molar-refractivity contribution in [3.63, 3.8) is 0 Å². The van der Waals surface area contributed by atoms with Crippen LogP contribution in [0.1, 0.15) is 49.9 Å². The Morgan fingerprint density at radius 3 is 2.00 bits per heavy atom. The maximum absolute atomic E-state index is 12.7. The Morgan fingerprint density at radius 2 is 1.42 bits per heavy atom. The van der Waals surface area contributed by atoms with E-state index in [-0.39, 0.29) is 6.61 Å². The molecule has 0 spiro atoms. The molecule has 2 N–H and O–H groups in total. The average Bonchev–Trinajstić information content (AvgIpc) is 2.86. The van der Waals surface area contributed by atoms with Crippen molar-refractivity contribution in [3.8, 4) is 5.75 Å². The van der Waals surface area contributed by atoms with Gasteiger partial charge in [0.1, 0.15) is 18.0 Å². The lowest BCUT2D eigenvalue weighted by Gasteiger charge is -2.27. The van der Waals surface area contributed by atoms with E-state index in [9.17, 15) is 14.7 Å². The molecule has 1 atom stereocenters. The molecule has 7 heteroatoms. The molecule has 3 aromatic carbocycles. The van der Waals surface area contributed by atoms with Gasteiger partial charge in [0.25, 0.3) is 0 Å². The first-order valence-electron chi connectivity index (χ1n) is 11.8. The van der Waals surface area contributed by atoms with Crippen molar-refractivity contribution in [1.29, 1.82) is 0 Å². The van der Waals surface area contributed by atoms with Gasteiger partial charge in [-0.1, -0.05) is 66.7 Å². The second-order valence-corrected chi connectivity index (χ2v) is 9.28. The number of hydrogen-bond acceptors (Lipinski definition) is 6. The van der Waals surface area contributed by atoms with Gasteiger partial charge in [0.15, 0.2) is 0 Å². The quantitative estimate of drug-likeness (QED) is 0.405. The van der Waals surface area contributed by atoms with Crippen molar-refractivity contribution < 1.29 is 28.9 Å². The molecule has 0 aliphatic rings. The van der Waals surface area contributed by atoms with Gasteiger partial charge in [-0.25, -0.2) is 9.59 Å². The van der Waals surface area contributed by atoms with Crippen LogP contribution in [0.2, 0.25) is 0 Å². The molecule has 0 fully saturated rings. The highest BCUT2D eigenvalue weighted by molar-refractivity contribution is 5.85. The van der Waals surface area contributed by atoms with Crippen LogP contribution in [0.4, 0.5) is 4.79 Å². The zero-order valence-electron chi connectivity index (χ0n) is 21.1. The molecule has 0 bridgehead atoms. The molecular formula is C29H33NO6. The minimum atomic E-state index is -1.92. The summed E-state index contributed by atoms with van der Waals surface area (Å²) in [5.74, 6) is -0.139.